The minimum absolute atomic E-state index is 0.00646. The Balaban J connectivity index is 0.00000158. The van der Waals surface area contributed by atoms with Crippen LogP contribution in [0.25, 0.3) is 22.2 Å². The van der Waals surface area contributed by atoms with Gasteiger partial charge in [0.1, 0.15) is 12.1 Å². The predicted molar refractivity (Wildman–Crippen MR) is 140 cm³/mol. The number of aldehydes is 1. The number of aromatic nitrogens is 1. The number of carbonyl (C=O) groups excluding carboxylic acids is 1. The van der Waals surface area contributed by atoms with Gasteiger partial charge in [-0.15, -0.1) is 0 Å². The van der Waals surface area contributed by atoms with Crippen molar-refractivity contribution in [3.8, 4) is 11.3 Å². The lowest BCUT2D eigenvalue weighted by Gasteiger charge is -2.37. The number of hydrogen-bond acceptors (Lipinski definition) is 3. The highest BCUT2D eigenvalue weighted by molar-refractivity contribution is 5.94. The number of carbonyl (C=O) groups is 1. The summed E-state index contributed by atoms with van der Waals surface area (Å²) in [7, 11) is 0. The molecule has 182 valence electrons. The Morgan fingerprint density at radius 3 is 2.53 bits per heavy atom. The van der Waals surface area contributed by atoms with E-state index in [1.165, 1.54) is 39.7 Å². The van der Waals surface area contributed by atoms with Crippen LogP contribution in [0.4, 0.5) is 4.39 Å². The fourth-order valence-corrected chi connectivity index (χ4v) is 5.00. The van der Waals surface area contributed by atoms with Crippen LogP contribution in [0.3, 0.4) is 0 Å². The molecule has 1 aliphatic carbocycles. The molecule has 5 heteroatoms. The molecule has 1 heterocycles. The number of fused-ring (bicyclic) bond motifs is 1. The third kappa shape index (κ3) is 5.41. The number of hydrogen-bond donors (Lipinski definition) is 3. The van der Waals surface area contributed by atoms with Crippen molar-refractivity contribution in [1.82, 2.24) is 10.3 Å². The Morgan fingerprint density at radius 1 is 1.24 bits per heavy atom. The van der Waals surface area contributed by atoms with Crippen LogP contribution in [0.2, 0.25) is 0 Å². The zero-order valence-electron chi connectivity index (χ0n) is 20.9. The standard InChI is InChI=1S/C27H32FN3O.C2H6/c1-16-10-17(2)26-24(11-16)25(27(31-26)20-4-6-23(28)7-5-20)22-12-19(13-22)15-30-18(3)21(14-29)8-9-32;1-2/h4-7,9-11,19,21-22,30-31H,3,8,12-15,29H2,1-2H3;1-2H3. The highest BCUT2D eigenvalue weighted by atomic mass is 19.1. The van der Waals surface area contributed by atoms with Crippen LogP contribution < -0.4 is 11.1 Å². The zero-order valence-corrected chi connectivity index (χ0v) is 20.9. The van der Waals surface area contributed by atoms with E-state index in [2.05, 4.69) is 42.9 Å². The number of H-pyrrole nitrogens is 1. The van der Waals surface area contributed by atoms with Crippen molar-refractivity contribution in [2.45, 2.75) is 52.9 Å². The van der Waals surface area contributed by atoms with E-state index in [1.54, 1.807) is 0 Å². The number of aryl methyl sites for hydroxylation is 2. The Bertz CT molecular complexity index is 1130. The van der Waals surface area contributed by atoms with Crippen LogP contribution in [0.5, 0.6) is 0 Å². The fraction of sp³-hybridized carbons (Fsp3) is 0.414. The second-order valence-corrected chi connectivity index (χ2v) is 9.20. The molecule has 0 saturated heterocycles. The second kappa shape index (κ2) is 11.5. The number of halogens is 1. The topological polar surface area (TPSA) is 70.9 Å². The van der Waals surface area contributed by atoms with Gasteiger partial charge in [0.2, 0.25) is 0 Å². The first-order valence-corrected chi connectivity index (χ1v) is 12.4. The van der Waals surface area contributed by atoms with Gasteiger partial charge in [0.15, 0.2) is 0 Å². The Morgan fingerprint density at radius 2 is 1.91 bits per heavy atom. The first-order chi connectivity index (χ1) is 16.4. The summed E-state index contributed by atoms with van der Waals surface area (Å²) in [5.74, 6) is 0.764. The van der Waals surface area contributed by atoms with Gasteiger partial charge in [-0.2, -0.15) is 0 Å². The Labute approximate surface area is 202 Å². The fourth-order valence-electron chi connectivity index (χ4n) is 5.00. The lowest BCUT2D eigenvalue weighted by atomic mass is 9.70. The summed E-state index contributed by atoms with van der Waals surface area (Å²) in [6, 6.07) is 11.2. The van der Waals surface area contributed by atoms with Crippen molar-refractivity contribution in [3.05, 3.63) is 71.2 Å². The van der Waals surface area contributed by atoms with Crippen LogP contribution in [-0.2, 0) is 4.79 Å². The van der Waals surface area contributed by atoms with Gasteiger partial charge in [-0.25, -0.2) is 4.39 Å². The highest BCUT2D eigenvalue weighted by Gasteiger charge is 2.34. The molecule has 2 aromatic carbocycles. The molecule has 3 aromatic rings. The van der Waals surface area contributed by atoms with E-state index in [-0.39, 0.29) is 11.7 Å². The van der Waals surface area contributed by atoms with E-state index >= 15 is 0 Å². The molecule has 1 fully saturated rings. The number of nitrogens with two attached hydrogens (primary N) is 1. The first kappa shape index (κ1) is 25.7. The van der Waals surface area contributed by atoms with E-state index in [4.69, 9.17) is 5.73 Å². The van der Waals surface area contributed by atoms with Crippen molar-refractivity contribution in [2.75, 3.05) is 13.1 Å². The van der Waals surface area contributed by atoms with Crippen molar-refractivity contribution in [3.63, 3.8) is 0 Å². The van der Waals surface area contributed by atoms with Crippen LogP contribution in [-0.4, -0.2) is 24.4 Å². The van der Waals surface area contributed by atoms with Crippen molar-refractivity contribution in [2.24, 2.45) is 17.6 Å². The van der Waals surface area contributed by atoms with E-state index in [9.17, 15) is 9.18 Å². The van der Waals surface area contributed by atoms with Gasteiger partial charge in [0.25, 0.3) is 0 Å². The monoisotopic (exact) mass is 463 g/mol. The Kier molecular flexibility index (Phi) is 8.67. The molecule has 0 radical (unpaired) electrons. The molecule has 1 aliphatic rings. The van der Waals surface area contributed by atoms with Gasteiger partial charge >= 0.3 is 0 Å². The molecule has 0 bridgehead atoms. The molecular weight excluding hydrogens is 425 g/mol. The third-order valence-corrected chi connectivity index (χ3v) is 6.84. The summed E-state index contributed by atoms with van der Waals surface area (Å²) in [6.45, 7) is 13.6. The highest BCUT2D eigenvalue weighted by Crippen LogP contribution is 2.48. The molecule has 1 aromatic heterocycles. The average Bonchev–Trinajstić information content (AvgIpc) is 3.17. The molecule has 0 aliphatic heterocycles. The van der Waals surface area contributed by atoms with Crippen LogP contribution >= 0.6 is 0 Å². The van der Waals surface area contributed by atoms with Gasteiger partial charge in [-0.05, 0) is 85.5 Å². The van der Waals surface area contributed by atoms with Gasteiger partial charge in [-0.1, -0.05) is 32.1 Å². The number of nitrogens with one attached hydrogen (secondary N) is 2. The molecule has 1 unspecified atom stereocenters. The first-order valence-electron chi connectivity index (χ1n) is 12.4. The predicted octanol–water partition coefficient (Wildman–Crippen LogP) is 6.38. The molecule has 4 rings (SSSR count). The summed E-state index contributed by atoms with van der Waals surface area (Å²) in [4.78, 5) is 14.5. The smallest absolute Gasteiger partial charge is 0.123 e. The quantitative estimate of drug-likeness (QED) is 0.323. The molecule has 4 N–H and O–H groups in total. The number of aromatic amines is 1. The maximum Gasteiger partial charge on any atom is 0.123 e. The van der Waals surface area contributed by atoms with Crippen LogP contribution in [0, 0.1) is 31.5 Å². The summed E-state index contributed by atoms with van der Waals surface area (Å²) in [6.07, 6.45) is 3.47. The molecule has 4 nitrogen and oxygen atoms in total. The average molecular weight is 464 g/mol. The van der Waals surface area contributed by atoms with Crippen molar-refractivity contribution < 1.29 is 9.18 Å². The lowest BCUT2D eigenvalue weighted by Crippen LogP contribution is -2.34. The van der Waals surface area contributed by atoms with Gasteiger partial charge in [0, 0.05) is 47.7 Å². The minimum Gasteiger partial charge on any atom is -0.388 e. The van der Waals surface area contributed by atoms with Gasteiger partial charge in [-0.3, -0.25) is 0 Å². The normalized spacial score (nSPS) is 17.9. The summed E-state index contributed by atoms with van der Waals surface area (Å²) in [5, 5.41) is 4.69. The van der Waals surface area contributed by atoms with Gasteiger partial charge < -0.3 is 20.8 Å². The molecule has 0 amide bonds. The van der Waals surface area contributed by atoms with Crippen LogP contribution in [0.1, 0.15) is 55.7 Å². The summed E-state index contributed by atoms with van der Waals surface area (Å²) in [5.41, 5.74) is 13.7. The molecule has 1 atom stereocenters. The molecule has 1 saturated carbocycles. The second-order valence-electron chi connectivity index (χ2n) is 9.20. The third-order valence-electron chi connectivity index (χ3n) is 6.84. The lowest BCUT2D eigenvalue weighted by molar-refractivity contribution is -0.108. The largest absolute Gasteiger partial charge is 0.388 e. The van der Waals surface area contributed by atoms with Crippen molar-refractivity contribution >= 4 is 17.2 Å². The van der Waals surface area contributed by atoms with Gasteiger partial charge in [0.05, 0.1) is 0 Å². The maximum atomic E-state index is 13.5. The SMILES string of the molecule is C=C(NCC1CC(c2c(-c3ccc(F)cc3)[nH]c3c(C)cc(C)cc23)C1)C(CN)CC=O.CC. The van der Waals surface area contributed by atoms with E-state index < -0.39 is 0 Å². The van der Waals surface area contributed by atoms with E-state index in [0.717, 1.165) is 42.6 Å². The maximum absolute atomic E-state index is 13.5. The number of benzene rings is 2. The number of rotatable bonds is 9. The molecule has 0 spiro atoms. The molecule has 34 heavy (non-hydrogen) atoms. The van der Waals surface area contributed by atoms with Crippen molar-refractivity contribution in [1.29, 1.82) is 0 Å². The summed E-state index contributed by atoms with van der Waals surface area (Å²) < 4.78 is 13.5. The molecular formula is C29H38FN3O. The minimum atomic E-state index is -0.223. The Hall–Kier alpha value is -2.92. The van der Waals surface area contributed by atoms with E-state index in [0.29, 0.717) is 24.8 Å². The van der Waals surface area contributed by atoms with Crippen LogP contribution in [0.15, 0.2) is 48.7 Å². The summed E-state index contributed by atoms with van der Waals surface area (Å²) >= 11 is 0. The van der Waals surface area contributed by atoms with E-state index in [1.807, 2.05) is 26.0 Å². The zero-order chi connectivity index (χ0) is 24.8.